The van der Waals surface area contributed by atoms with Gasteiger partial charge in [-0.2, -0.15) is 0 Å². The number of hydrogen-bond acceptors (Lipinski definition) is 2. The van der Waals surface area contributed by atoms with Crippen LogP contribution >= 0.6 is 0 Å². The van der Waals surface area contributed by atoms with Gasteiger partial charge in [-0.15, -0.1) is 0 Å². The third-order valence-electron chi connectivity index (χ3n) is 2.75. The Morgan fingerprint density at radius 3 is 2.38 bits per heavy atom. The standard InChI is InChI=1S/C11H23NO/c1-4-10(13-6-3)11(12-5-2)9-7-8-9/h9-12H,4-8H2,1-3H3. The van der Waals surface area contributed by atoms with Crippen molar-refractivity contribution in [1.29, 1.82) is 0 Å². The van der Waals surface area contributed by atoms with Gasteiger partial charge < -0.3 is 10.1 Å². The largest absolute Gasteiger partial charge is 0.377 e. The van der Waals surface area contributed by atoms with Crippen molar-refractivity contribution in [2.75, 3.05) is 13.2 Å². The summed E-state index contributed by atoms with van der Waals surface area (Å²) in [7, 11) is 0. The predicted molar refractivity (Wildman–Crippen MR) is 55.9 cm³/mol. The van der Waals surface area contributed by atoms with Crippen LogP contribution < -0.4 is 5.32 Å². The molecule has 1 aliphatic rings. The minimum Gasteiger partial charge on any atom is -0.377 e. The molecule has 0 radical (unpaired) electrons. The maximum absolute atomic E-state index is 5.74. The first-order valence-corrected chi connectivity index (χ1v) is 5.68. The third-order valence-corrected chi connectivity index (χ3v) is 2.75. The number of likely N-dealkylation sites (N-methyl/N-ethyl adjacent to an activating group) is 1. The van der Waals surface area contributed by atoms with Crippen LogP contribution in [0.2, 0.25) is 0 Å². The summed E-state index contributed by atoms with van der Waals surface area (Å²) in [5, 5.41) is 3.56. The predicted octanol–water partition coefficient (Wildman–Crippen LogP) is 2.19. The van der Waals surface area contributed by atoms with Crippen molar-refractivity contribution >= 4 is 0 Å². The van der Waals surface area contributed by atoms with Crippen LogP contribution in [0.5, 0.6) is 0 Å². The van der Waals surface area contributed by atoms with E-state index in [4.69, 9.17) is 4.74 Å². The number of ether oxygens (including phenoxy) is 1. The molecule has 0 amide bonds. The first kappa shape index (κ1) is 11.0. The second-order valence-corrected chi connectivity index (χ2v) is 3.82. The second kappa shape index (κ2) is 5.61. The van der Waals surface area contributed by atoms with Crippen molar-refractivity contribution in [3.8, 4) is 0 Å². The molecule has 0 saturated heterocycles. The summed E-state index contributed by atoms with van der Waals surface area (Å²) in [6.07, 6.45) is 4.34. The molecule has 0 spiro atoms. The lowest BCUT2D eigenvalue weighted by atomic mass is 10.0. The van der Waals surface area contributed by atoms with E-state index in [-0.39, 0.29) is 0 Å². The first-order chi connectivity index (χ1) is 6.33. The molecular weight excluding hydrogens is 162 g/mol. The summed E-state index contributed by atoms with van der Waals surface area (Å²) in [4.78, 5) is 0. The molecular formula is C11H23NO. The van der Waals surface area contributed by atoms with Crippen molar-refractivity contribution in [3.05, 3.63) is 0 Å². The fraction of sp³-hybridized carbons (Fsp3) is 1.00. The van der Waals surface area contributed by atoms with Crippen LogP contribution in [0.4, 0.5) is 0 Å². The highest BCUT2D eigenvalue weighted by Gasteiger charge is 2.35. The van der Waals surface area contributed by atoms with E-state index in [0.29, 0.717) is 12.1 Å². The Hall–Kier alpha value is -0.0800. The first-order valence-electron chi connectivity index (χ1n) is 5.68. The van der Waals surface area contributed by atoms with Gasteiger partial charge in [0.1, 0.15) is 0 Å². The molecule has 1 N–H and O–H groups in total. The molecule has 1 fully saturated rings. The zero-order chi connectivity index (χ0) is 9.68. The van der Waals surface area contributed by atoms with Gasteiger partial charge in [0.2, 0.25) is 0 Å². The molecule has 1 saturated carbocycles. The van der Waals surface area contributed by atoms with Crippen LogP contribution in [0, 0.1) is 5.92 Å². The molecule has 0 aromatic carbocycles. The highest BCUT2D eigenvalue weighted by atomic mass is 16.5. The monoisotopic (exact) mass is 185 g/mol. The van der Waals surface area contributed by atoms with Crippen LogP contribution in [0.3, 0.4) is 0 Å². The van der Waals surface area contributed by atoms with E-state index in [1.807, 2.05) is 0 Å². The minimum atomic E-state index is 0.428. The molecule has 0 aromatic rings. The summed E-state index contributed by atoms with van der Waals surface area (Å²) < 4.78 is 5.74. The molecule has 2 nitrogen and oxygen atoms in total. The topological polar surface area (TPSA) is 21.3 Å². The Balaban J connectivity index is 2.38. The Bertz CT molecular complexity index is 134. The molecule has 78 valence electrons. The molecule has 0 aromatic heterocycles. The fourth-order valence-corrected chi connectivity index (χ4v) is 1.98. The Labute approximate surface area is 82.0 Å². The lowest BCUT2D eigenvalue weighted by Crippen LogP contribution is -2.42. The SMILES string of the molecule is CCNC(C1CC1)C(CC)OCC. The summed E-state index contributed by atoms with van der Waals surface area (Å²) >= 11 is 0. The molecule has 2 heteroatoms. The number of rotatable bonds is 7. The minimum absolute atomic E-state index is 0.428. The van der Waals surface area contributed by atoms with Gasteiger partial charge in [0.05, 0.1) is 6.10 Å². The lowest BCUT2D eigenvalue weighted by molar-refractivity contribution is 0.0264. The zero-order valence-corrected chi connectivity index (χ0v) is 9.18. The van der Waals surface area contributed by atoms with Gasteiger partial charge in [0.15, 0.2) is 0 Å². The van der Waals surface area contributed by atoms with Crippen molar-refractivity contribution < 1.29 is 4.74 Å². The van der Waals surface area contributed by atoms with Crippen LogP contribution in [0.1, 0.15) is 40.0 Å². The summed E-state index contributed by atoms with van der Waals surface area (Å²) in [6, 6.07) is 0.606. The van der Waals surface area contributed by atoms with Gasteiger partial charge in [-0.1, -0.05) is 13.8 Å². The number of hydrogen-bond donors (Lipinski definition) is 1. The molecule has 1 aliphatic carbocycles. The van der Waals surface area contributed by atoms with Gasteiger partial charge in [-0.3, -0.25) is 0 Å². The zero-order valence-electron chi connectivity index (χ0n) is 9.18. The van der Waals surface area contributed by atoms with Gasteiger partial charge >= 0.3 is 0 Å². The van der Waals surface area contributed by atoms with Crippen LogP contribution in [-0.2, 0) is 4.74 Å². The lowest BCUT2D eigenvalue weighted by Gasteiger charge is -2.26. The maximum atomic E-state index is 5.74. The smallest absolute Gasteiger partial charge is 0.0727 e. The summed E-state index contributed by atoms with van der Waals surface area (Å²) in [6.45, 7) is 8.37. The van der Waals surface area contributed by atoms with E-state index in [9.17, 15) is 0 Å². The summed E-state index contributed by atoms with van der Waals surface area (Å²) in [5.74, 6) is 0.886. The third kappa shape index (κ3) is 3.28. The maximum Gasteiger partial charge on any atom is 0.0727 e. The van der Waals surface area contributed by atoms with Gasteiger partial charge in [0, 0.05) is 12.6 Å². The van der Waals surface area contributed by atoms with Crippen LogP contribution in [0.15, 0.2) is 0 Å². The fourth-order valence-electron chi connectivity index (χ4n) is 1.98. The van der Waals surface area contributed by atoms with E-state index in [1.54, 1.807) is 0 Å². The molecule has 0 aliphatic heterocycles. The Morgan fingerprint density at radius 2 is 2.00 bits per heavy atom. The Morgan fingerprint density at radius 1 is 1.31 bits per heavy atom. The van der Waals surface area contributed by atoms with Crippen molar-refractivity contribution in [3.63, 3.8) is 0 Å². The van der Waals surface area contributed by atoms with Crippen molar-refractivity contribution in [1.82, 2.24) is 5.32 Å². The normalized spacial score (nSPS) is 21.5. The van der Waals surface area contributed by atoms with Crippen LogP contribution in [0.25, 0.3) is 0 Å². The molecule has 2 unspecified atom stereocenters. The summed E-state index contributed by atoms with van der Waals surface area (Å²) in [5.41, 5.74) is 0. The van der Waals surface area contributed by atoms with E-state index in [0.717, 1.165) is 25.5 Å². The van der Waals surface area contributed by atoms with Crippen molar-refractivity contribution in [2.24, 2.45) is 5.92 Å². The molecule has 0 heterocycles. The quantitative estimate of drug-likeness (QED) is 0.656. The second-order valence-electron chi connectivity index (χ2n) is 3.82. The van der Waals surface area contributed by atoms with E-state index in [1.165, 1.54) is 12.8 Å². The van der Waals surface area contributed by atoms with Gasteiger partial charge in [-0.25, -0.2) is 0 Å². The highest BCUT2D eigenvalue weighted by molar-refractivity contribution is 4.91. The molecule has 2 atom stereocenters. The average Bonchev–Trinajstić information content (AvgIpc) is 2.94. The number of nitrogens with one attached hydrogen (secondary N) is 1. The van der Waals surface area contributed by atoms with Gasteiger partial charge in [0.25, 0.3) is 0 Å². The van der Waals surface area contributed by atoms with Crippen molar-refractivity contribution in [2.45, 2.75) is 52.2 Å². The molecule has 13 heavy (non-hydrogen) atoms. The molecule has 1 rings (SSSR count). The molecule has 0 bridgehead atoms. The highest BCUT2D eigenvalue weighted by Crippen LogP contribution is 2.35. The van der Waals surface area contributed by atoms with E-state index in [2.05, 4.69) is 26.1 Å². The Kier molecular flexibility index (Phi) is 4.74. The van der Waals surface area contributed by atoms with Crippen LogP contribution in [-0.4, -0.2) is 25.3 Å². The van der Waals surface area contributed by atoms with Gasteiger partial charge in [-0.05, 0) is 38.6 Å². The van der Waals surface area contributed by atoms with E-state index < -0.39 is 0 Å². The average molecular weight is 185 g/mol. The van der Waals surface area contributed by atoms with E-state index >= 15 is 0 Å².